The summed E-state index contributed by atoms with van der Waals surface area (Å²) in [6.45, 7) is 8.77. The van der Waals surface area contributed by atoms with Gasteiger partial charge in [-0.3, -0.25) is 24.6 Å². The molecule has 6 aromatic rings. The van der Waals surface area contributed by atoms with Crippen LogP contribution in [0, 0.1) is 5.92 Å². The number of aromatic nitrogens is 6. The molecule has 0 aliphatic carbocycles. The van der Waals surface area contributed by atoms with E-state index in [4.69, 9.17) is 0 Å². The number of para-hydroxylation sites is 2. The first-order chi connectivity index (χ1) is 24.3. The fraction of sp³-hybridized carbons (Fsp3) is 0.342. The number of hydrogen-bond acceptors (Lipinski definition) is 5. The van der Waals surface area contributed by atoms with Gasteiger partial charge in [0.25, 0.3) is 17.7 Å². The van der Waals surface area contributed by atoms with E-state index in [0.717, 1.165) is 86.9 Å². The average Bonchev–Trinajstić information content (AvgIpc) is 3.94. The van der Waals surface area contributed by atoms with E-state index in [1.165, 1.54) is 0 Å². The molecule has 0 atom stereocenters. The van der Waals surface area contributed by atoms with Crippen LogP contribution >= 0.6 is 0 Å². The number of amides is 3. The molecule has 2 aromatic carbocycles. The summed E-state index contributed by atoms with van der Waals surface area (Å²) in [4.78, 5) is 48.7. The Labute approximate surface area is 290 Å². The normalized spacial score (nSPS) is 14.0. The van der Waals surface area contributed by atoms with Gasteiger partial charge in [-0.1, -0.05) is 57.2 Å². The Kier molecular flexibility index (Phi) is 9.00. The van der Waals surface area contributed by atoms with E-state index in [1.54, 1.807) is 11.9 Å². The summed E-state index contributed by atoms with van der Waals surface area (Å²) < 4.78 is 0. The Morgan fingerprint density at radius 1 is 0.820 bits per heavy atom. The molecule has 0 saturated carbocycles. The van der Waals surface area contributed by atoms with Gasteiger partial charge in [-0.05, 0) is 42.0 Å². The van der Waals surface area contributed by atoms with Gasteiger partial charge < -0.3 is 25.1 Å². The lowest BCUT2D eigenvalue weighted by Crippen LogP contribution is -2.37. The highest BCUT2D eigenvalue weighted by molar-refractivity contribution is 6.02. The molecule has 0 bridgehead atoms. The van der Waals surface area contributed by atoms with E-state index < -0.39 is 0 Å². The lowest BCUT2D eigenvalue weighted by Gasteiger charge is -2.27. The second-order valence-electron chi connectivity index (χ2n) is 13.4. The van der Waals surface area contributed by atoms with Crippen molar-refractivity contribution >= 4 is 39.5 Å². The van der Waals surface area contributed by atoms with Crippen LogP contribution in [0.1, 0.15) is 85.9 Å². The van der Waals surface area contributed by atoms with Crippen LogP contribution in [-0.2, 0) is 38.8 Å². The maximum Gasteiger partial charge on any atom is 0.271 e. The molecule has 258 valence electrons. The minimum absolute atomic E-state index is 0.0345. The quantitative estimate of drug-likeness (QED) is 0.162. The van der Waals surface area contributed by atoms with E-state index in [2.05, 4.69) is 62.5 Å². The highest BCUT2D eigenvalue weighted by atomic mass is 16.2. The third-order valence-electron chi connectivity index (χ3n) is 9.77. The van der Waals surface area contributed by atoms with E-state index in [1.807, 2.05) is 53.6 Å². The molecule has 12 heteroatoms. The lowest BCUT2D eigenvalue weighted by molar-refractivity contribution is 0.0720. The first-order valence-corrected chi connectivity index (χ1v) is 17.3. The molecular formula is C38H43N9O3. The van der Waals surface area contributed by atoms with Gasteiger partial charge >= 0.3 is 0 Å². The first kappa shape index (κ1) is 32.9. The van der Waals surface area contributed by atoms with Crippen LogP contribution in [0.4, 0.5) is 0 Å². The van der Waals surface area contributed by atoms with Gasteiger partial charge in [-0.15, -0.1) is 0 Å². The molecule has 4 aromatic heterocycles. The van der Waals surface area contributed by atoms with E-state index >= 15 is 0 Å². The molecule has 12 nitrogen and oxygen atoms in total. The van der Waals surface area contributed by atoms with Crippen molar-refractivity contribution < 1.29 is 14.4 Å². The van der Waals surface area contributed by atoms with Crippen LogP contribution in [0.15, 0.2) is 54.7 Å². The second kappa shape index (κ2) is 13.7. The van der Waals surface area contributed by atoms with Gasteiger partial charge in [0.1, 0.15) is 11.4 Å². The fourth-order valence-electron chi connectivity index (χ4n) is 7.24. The summed E-state index contributed by atoms with van der Waals surface area (Å²) in [6, 6.07) is 16.1. The molecule has 2 aliphatic heterocycles. The zero-order chi connectivity index (χ0) is 34.9. The molecule has 0 unspecified atom stereocenters. The number of fused-ring (bicyclic) bond motifs is 4. The van der Waals surface area contributed by atoms with E-state index in [0.29, 0.717) is 43.4 Å². The summed E-state index contributed by atoms with van der Waals surface area (Å²) in [5.74, 6) is 0.315. The minimum Gasteiger partial charge on any atom is -0.354 e. The first-order valence-electron chi connectivity index (χ1n) is 17.3. The van der Waals surface area contributed by atoms with Gasteiger partial charge in [-0.2, -0.15) is 10.2 Å². The number of benzene rings is 2. The van der Waals surface area contributed by atoms with Crippen molar-refractivity contribution in [1.82, 2.24) is 45.5 Å². The highest BCUT2D eigenvalue weighted by Gasteiger charge is 2.30. The lowest BCUT2D eigenvalue weighted by atomic mass is 9.99. The van der Waals surface area contributed by atoms with Gasteiger partial charge in [0, 0.05) is 83.8 Å². The predicted molar refractivity (Wildman–Crippen MR) is 192 cm³/mol. The zero-order valence-electron chi connectivity index (χ0n) is 28.9. The van der Waals surface area contributed by atoms with E-state index in [9.17, 15) is 14.4 Å². The van der Waals surface area contributed by atoms with Crippen LogP contribution in [0.3, 0.4) is 0 Å². The van der Waals surface area contributed by atoms with Crippen LogP contribution in [0.5, 0.6) is 0 Å². The van der Waals surface area contributed by atoms with Crippen molar-refractivity contribution in [1.29, 1.82) is 0 Å². The second-order valence-corrected chi connectivity index (χ2v) is 13.4. The predicted octanol–water partition coefficient (Wildman–Crippen LogP) is 5.30. The highest BCUT2D eigenvalue weighted by Crippen LogP contribution is 2.29. The van der Waals surface area contributed by atoms with Crippen LogP contribution < -0.4 is 5.32 Å². The smallest absolute Gasteiger partial charge is 0.271 e. The Hall–Kier alpha value is -5.65. The topological polar surface area (TPSA) is 159 Å². The summed E-state index contributed by atoms with van der Waals surface area (Å²) >= 11 is 0. The van der Waals surface area contributed by atoms with Crippen molar-refractivity contribution in [2.45, 2.75) is 59.5 Å². The SMILES string of the molecule is CC(C)Cc1c(C(=O)N2CCc3[nH]ncc3C2)[nH]c2ccccc12.CCc1c(C(=O)N2CCc3[nH]nc(C(=O)NC)c3C2)[nH]c2ccccc12. The molecule has 8 rings (SSSR count). The summed E-state index contributed by atoms with van der Waals surface area (Å²) in [5, 5.41) is 19.0. The standard InChI is InChI=1S/C19H21N5O2.C19H22N4O/c1-3-11-12-6-4-5-7-14(12)21-17(11)19(26)24-9-8-15-13(10-24)16(23-22-15)18(25)20-2;1-12(2)9-15-14-5-3-4-6-17(14)21-18(15)19(24)23-8-7-16-13(11-23)10-20-22-16/h4-7,21H,3,8-10H2,1-2H3,(H,20,25)(H,22,23);3-6,10,12,21H,7-9,11H2,1-2H3,(H,20,22). The fourth-order valence-corrected chi connectivity index (χ4v) is 7.24. The molecule has 0 radical (unpaired) electrons. The van der Waals surface area contributed by atoms with Crippen molar-refractivity contribution in [3.63, 3.8) is 0 Å². The third kappa shape index (κ3) is 6.06. The Bertz CT molecular complexity index is 2200. The maximum atomic E-state index is 13.2. The third-order valence-corrected chi connectivity index (χ3v) is 9.77. The molecule has 3 amide bonds. The van der Waals surface area contributed by atoms with Crippen molar-refractivity contribution in [2.24, 2.45) is 5.92 Å². The van der Waals surface area contributed by atoms with Crippen molar-refractivity contribution in [2.75, 3.05) is 20.1 Å². The summed E-state index contributed by atoms with van der Waals surface area (Å²) in [5.41, 5.74) is 9.95. The van der Waals surface area contributed by atoms with Crippen molar-refractivity contribution in [3.05, 3.63) is 105 Å². The molecular weight excluding hydrogens is 630 g/mol. The zero-order valence-corrected chi connectivity index (χ0v) is 28.9. The van der Waals surface area contributed by atoms with Crippen molar-refractivity contribution in [3.8, 4) is 0 Å². The van der Waals surface area contributed by atoms with Crippen LogP contribution in [0.2, 0.25) is 0 Å². The molecule has 6 heterocycles. The number of aryl methyl sites for hydroxylation is 1. The largest absolute Gasteiger partial charge is 0.354 e. The molecule has 2 aliphatic rings. The number of carbonyl (C=O) groups is 3. The molecule has 50 heavy (non-hydrogen) atoms. The number of hydrogen-bond donors (Lipinski definition) is 5. The summed E-state index contributed by atoms with van der Waals surface area (Å²) in [7, 11) is 1.58. The number of carbonyl (C=O) groups excluding carboxylic acids is 3. The molecule has 0 fully saturated rings. The Balaban J connectivity index is 0.000000157. The van der Waals surface area contributed by atoms with Gasteiger partial charge in [0.05, 0.1) is 12.7 Å². The monoisotopic (exact) mass is 673 g/mol. The minimum atomic E-state index is -0.239. The van der Waals surface area contributed by atoms with Gasteiger partial charge in [-0.25, -0.2) is 0 Å². The van der Waals surface area contributed by atoms with Crippen LogP contribution in [-0.4, -0.2) is 78.0 Å². The number of rotatable bonds is 6. The van der Waals surface area contributed by atoms with E-state index in [-0.39, 0.29) is 17.7 Å². The van der Waals surface area contributed by atoms with Gasteiger partial charge in [0.15, 0.2) is 5.69 Å². The molecule has 0 spiro atoms. The molecule has 5 N–H and O–H groups in total. The average molecular weight is 674 g/mol. The van der Waals surface area contributed by atoms with Gasteiger partial charge in [0.2, 0.25) is 0 Å². The van der Waals surface area contributed by atoms with Crippen LogP contribution in [0.25, 0.3) is 21.8 Å². The Morgan fingerprint density at radius 3 is 2.06 bits per heavy atom. The number of nitrogens with one attached hydrogen (secondary N) is 5. The maximum absolute atomic E-state index is 13.2. The number of aromatic amines is 4. The number of H-pyrrole nitrogens is 4. The Morgan fingerprint density at radius 2 is 1.42 bits per heavy atom. The number of nitrogens with zero attached hydrogens (tertiary/aromatic N) is 4. The molecule has 0 saturated heterocycles. The summed E-state index contributed by atoms with van der Waals surface area (Å²) in [6.07, 6.45) is 5.00.